The molecule has 16 heavy (non-hydrogen) atoms. The van der Waals surface area contributed by atoms with E-state index in [1.54, 1.807) is 0 Å². The van der Waals surface area contributed by atoms with Crippen LogP contribution < -0.4 is 5.32 Å². The molecule has 2 unspecified atom stereocenters. The standard InChI is InChI=1S/C13H14N2S/c1-2-4-11(5-3-1)6-7-14-12-10-15-8-9-16-13(12)15/h1-5,12-14H,6,8-9H2. The van der Waals surface area contributed by atoms with Gasteiger partial charge in [0.2, 0.25) is 0 Å². The Morgan fingerprint density at radius 1 is 1.44 bits per heavy atom. The number of thioether (sulfide) groups is 1. The number of fused-ring (bicyclic) bond motifs is 1. The van der Waals surface area contributed by atoms with Crippen LogP contribution in [0.5, 0.6) is 0 Å². The summed E-state index contributed by atoms with van der Waals surface area (Å²) in [5.41, 5.74) is 1.30. The van der Waals surface area contributed by atoms with Crippen molar-refractivity contribution in [1.29, 1.82) is 0 Å². The molecular weight excluding hydrogens is 216 g/mol. The van der Waals surface area contributed by atoms with Crippen LogP contribution in [0.2, 0.25) is 0 Å². The van der Waals surface area contributed by atoms with Gasteiger partial charge >= 0.3 is 0 Å². The van der Waals surface area contributed by atoms with Crippen LogP contribution in [-0.2, 0) is 6.42 Å². The van der Waals surface area contributed by atoms with E-state index in [9.17, 15) is 0 Å². The third kappa shape index (κ3) is 2.12. The molecule has 82 valence electrons. The summed E-state index contributed by atoms with van der Waals surface area (Å²) in [5.74, 6) is 1.23. The summed E-state index contributed by atoms with van der Waals surface area (Å²) in [4.78, 5) is 2.28. The van der Waals surface area contributed by atoms with Gasteiger partial charge < -0.3 is 5.32 Å². The van der Waals surface area contributed by atoms with Gasteiger partial charge in [0.1, 0.15) is 0 Å². The van der Waals surface area contributed by atoms with Crippen molar-refractivity contribution in [3.63, 3.8) is 0 Å². The summed E-state index contributed by atoms with van der Waals surface area (Å²) >= 11 is 2.01. The highest BCUT2D eigenvalue weighted by molar-refractivity contribution is 8.00. The van der Waals surface area contributed by atoms with Gasteiger partial charge in [-0.3, -0.25) is 4.90 Å². The topological polar surface area (TPSA) is 15.3 Å². The molecule has 0 saturated carbocycles. The Hall–Kier alpha value is -0.510. The van der Waals surface area contributed by atoms with Crippen molar-refractivity contribution in [3.05, 3.63) is 49.0 Å². The first-order chi connectivity index (χ1) is 7.93. The van der Waals surface area contributed by atoms with Crippen molar-refractivity contribution in [1.82, 2.24) is 10.2 Å². The second-order valence-corrected chi connectivity index (χ2v) is 5.27. The van der Waals surface area contributed by atoms with E-state index in [0.29, 0.717) is 11.4 Å². The molecule has 4 radical (unpaired) electrons. The highest BCUT2D eigenvalue weighted by atomic mass is 32.2. The molecule has 2 nitrogen and oxygen atoms in total. The third-order valence-corrected chi connectivity index (χ3v) is 4.20. The van der Waals surface area contributed by atoms with E-state index in [2.05, 4.69) is 47.6 Å². The molecule has 2 saturated heterocycles. The number of hydrogen-bond donors (Lipinski definition) is 1. The molecule has 0 bridgehead atoms. The minimum absolute atomic E-state index is 0.371. The Balaban J connectivity index is 1.41. The predicted molar refractivity (Wildman–Crippen MR) is 66.5 cm³/mol. The Morgan fingerprint density at radius 3 is 3.12 bits per heavy atom. The van der Waals surface area contributed by atoms with Crippen LogP contribution in [0.15, 0.2) is 30.3 Å². The van der Waals surface area contributed by atoms with E-state index in [1.807, 2.05) is 17.8 Å². The fraction of sp³-hybridized carbons (Fsp3) is 0.385. The number of benzene rings is 1. The van der Waals surface area contributed by atoms with Crippen molar-refractivity contribution in [2.45, 2.75) is 17.8 Å². The normalized spacial score (nSPS) is 28.8. The van der Waals surface area contributed by atoms with E-state index in [1.165, 1.54) is 11.3 Å². The van der Waals surface area contributed by atoms with Crippen LogP contribution in [-0.4, -0.2) is 28.6 Å². The number of rotatable bonds is 4. The monoisotopic (exact) mass is 230 g/mol. The van der Waals surface area contributed by atoms with E-state index in [0.717, 1.165) is 13.0 Å². The van der Waals surface area contributed by atoms with Crippen LogP contribution in [0.1, 0.15) is 5.56 Å². The Labute approximate surface area is 101 Å². The molecule has 0 amide bonds. The zero-order valence-electron chi connectivity index (χ0n) is 9.02. The molecule has 2 aliphatic heterocycles. The van der Waals surface area contributed by atoms with Gasteiger partial charge in [0, 0.05) is 12.3 Å². The van der Waals surface area contributed by atoms with Gasteiger partial charge in [0.25, 0.3) is 0 Å². The molecule has 2 heterocycles. The molecular formula is C13H14N2S. The molecule has 1 aromatic rings. The quantitative estimate of drug-likeness (QED) is 0.792. The van der Waals surface area contributed by atoms with Crippen molar-refractivity contribution in [2.75, 3.05) is 12.3 Å². The molecule has 1 N–H and O–H groups in total. The zero-order valence-corrected chi connectivity index (χ0v) is 9.83. The third-order valence-electron chi connectivity index (χ3n) is 2.91. The molecule has 2 aliphatic rings. The second-order valence-electron chi connectivity index (χ2n) is 4.05. The van der Waals surface area contributed by atoms with Crippen LogP contribution >= 0.6 is 11.8 Å². The number of nitrogens with zero attached hydrogens (tertiary/aromatic N) is 1. The average molecular weight is 230 g/mol. The highest BCUT2D eigenvalue weighted by Crippen LogP contribution is 2.37. The predicted octanol–water partition coefficient (Wildman–Crippen LogP) is 1.65. The first-order valence-corrected chi connectivity index (χ1v) is 6.65. The number of nitrogens with one attached hydrogen (secondary N) is 1. The fourth-order valence-corrected chi connectivity index (χ4v) is 3.24. The average Bonchev–Trinajstić information content (AvgIpc) is 2.67. The van der Waals surface area contributed by atoms with Gasteiger partial charge in [0.15, 0.2) is 0 Å². The highest BCUT2D eigenvalue weighted by Gasteiger charge is 2.43. The minimum atomic E-state index is 0.371. The summed E-state index contributed by atoms with van der Waals surface area (Å²) in [6.45, 7) is 7.79. The summed E-state index contributed by atoms with van der Waals surface area (Å²) in [6, 6.07) is 10.8. The molecule has 3 heteroatoms. The lowest BCUT2D eigenvalue weighted by molar-refractivity contribution is 0.191. The second kappa shape index (κ2) is 4.78. The zero-order chi connectivity index (χ0) is 10.8. The molecule has 0 aliphatic carbocycles. The first kappa shape index (κ1) is 10.6. The molecule has 0 aromatic heterocycles. The summed E-state index contributed by atoms with van der Waals surface area (Å²) in [6.07, 6.45) is 0.858. The largest absolute Gasteiger partial charge is 0.301 e. The van der Waals surface area contributed by atoms with Crippen LogP contribution in [0.4, 0.5) is 0 Å². The van der Waals surface area contributed by atoms with Crippen LogP contribution in [0, 0.1) is 13.1 Å². The Kier molecular flexibility index (Phi) is 3.18. The van der Waals surface area contributed by atoms with Gasteiger partial charge in [-0.2, -0.15) is 0 Å². The van der Waals surface area contributed by atoms with Gasteiger partial charge in [-0.25, -0.2) is 0 Å². The van der Waals surface area contributed by atoms with Crippen molar-refractivity contribution >= 4 is 11.8 Å². The Morgan fingerprint density at radius 2 is 2.31 bits per heavy atom. The minimum Gasteiger partial charge on any atom is -0.301 e. The number of hydrogen-bond acceptors (Lipinski definition) is 3. The van der Waals surface area contributed by atoms with E-state index >= 15 is 0 Å². The molecule has 3 rings (SSSR count). The maximum absolute atomic E-state index is 3.37. The van der Waals surface area contributed by atoms with E-state index in [-0.39, 0.29) is 0 Å². The summed E-state index contributed by atoms with van der Waals surface area (Å²) < 4.78 is 0. The van der Waals surface area contributed by atoms with Crippen LogP contribution in [0.3, 0.4) is 0 Å². The smallest absolute Gasteiger partial charge is 0.0838 e. The lowest BCUT2D eigenvalue weighted by Gasteiger charge is -2.41. The van der Waals surface area contributed by atoms with Gasteiger partial charge in [0.05, 0.1) is 24.5 Å². The van der Waals surface area contributed by atoms with E-state index in [4.69, 9.17) is 0 Å². The van der Waals surface area contributed by atoms with Gasteiger partial charge in [-0.1, -0.05) is 30.3 Å². The lowest BCUT2D eigenvalue weighted by atomic mass is 10.1. The van der Waals surface area contributed by atoms with E-state index < -0.39 is 0 Å². The molecule has 2 atom stereocenters. The lowest BCUT2D eigenvalue weighted by Crippen LogP contribution is -2.57. The summed E-state index contributed by atoms with van der Waals surface area (Å²) in [7, 11) is 0. The van der Waals surface area contributed by atoms with Gasteiger partial charge in [-0.15, -0.1) is 11.8 Å². The Bertz CT molecular complexity index is 341. The maximum Gasteiger partial charge on any atom is 0.0838 e. The SMILES string of the molecule is [C](Cc1ccccc1)NC1[C]N2CCSC12. The van der Waals surface area contributed by atoms with Crippen LogP contribution in [0.25, 0.3) is 0 Å². The van der Waals surface area contributed by atoms with Crippen molar-refractivity contribution in [3.8, 4) is 0 Å². The fourth-order valence-electron chi connectivity index (χ4n) is 2.03. The molecule has 1 aromatic carbocycles. The van der Waals surface area contributed by atoms with Gasteiger partial charge in [-0.05, 0) is 12.0 Å². The maximum atomic E-state index is 3.37. The summed E-state index contributed by atoms with van der Waals surface area (Å²) in [5, 5.41) is 3.92. The molecule has 0 spiro atoms. The first-order valence-electron chi connectivity index (χ1n) is 5.60. The van der Waals surface area contributed by atoms with Crippen molar-refractivity contribution in [2.24, 2.45) is 0 Å². The molecule has 2 fully saturated rings. The van der Waals surface area contributed by atoms with Crippen molar-refractivity contribution < 1.29 is 0 Å².